The molecule has 0 aromatic heterocycles. The van der Waals surface area contributed by atoms with Crippen molar-refractivity contribution in [1.82, 2.24) is 0 Å². The second-order valence-corrected chi connectivity index (χ2v) is 3.29. The first-order valence-corrected chi connectivity index (χ1v) is 3.80. The Labute approximate surface area is 52.7 Å². The third-order valence-electron chi connectivity index (χ3n) is 2.34. The van der Waals surface area contributed by atoms with Crippen LogP contribution in [-0.4, -0.2) is 6.71 Å². The summed E-state index contributed by atoms with van der Waals surface area (Å²) >= 11 is 0. The van der Waals surface area contributed by atoms with Gasteiger partial charge in [-0.25, -0.2) is 0 Å². The second kappa shape index (κ2) is 2.57. The third kappa shape index (κ3) is 1.27. The van der Waals surface area contributed by atoms with Crippen molar-refractivity contribution in [3.05, 3.63) is 0 Å². The van der Waals surface area contributed by atoms with E-state index in [1.54, 1.807) is 0 Å². The summed E-state index contributed by atoms with van der Waals surface area (Å²) in [6, 6.07) is 0. The lowest BCUT2D eigenvalue weighted by atomic mass is 9.44. The topological polar surface area (TPSA) is 0 Å². The minimum absolute atomic E-state index is 0.942. The Morgan fingerprint density at radius 3 is 1.88 bits per heavy atom. The smallest absolute Gasteiger partial charge is 0.0861 e. The Balaban J connectivity index is 2.24. The molecule has 1 fully saturated rings. The van der Waals surface area contributed by atoms with Gasteiger partial charge in [-0.2, -0.15) is 0 Å². The van der Waals surface area contributed by atoms with Crippen molar-refractivity contribution in [3.8, 4) is 0 Å². The maximum Gasteiger partial charge on any atom is 0.136 e. The van der Waals surface area contributed by atoms with Crippen LogP contribution in [0.2, 0.25) is 19.5 Å². The molecular formula is C7H15B. The predicted octanol–water partition coefficient (Wildman–Crippen LogP) is 2.69. The highest BCUT2D eigenvalue weighted by Crippen LogP contribution is 2.32. The summed E-state index contributed by atoms with van der Waals surface area (Å²) in [7, 11) is 0. The molecule has 0 nitrogen and oxygen atoms in total. The summed E-state index contributed by atoms with van der Waals surface area (Å²) in [6.07, 6.45) is 5.97. The molecule has 0 unspecified atom stereocenters. The van der Waals surface area contributed by atoms with Crippen molar-refractivity contribution < 1.29 is 0 Å². The summed E-state index contributed by atoms with van der Waals surface area (Å²) in [5.74, 6) is 1.06. The number of hydrogen-bond acceptors (Lipinski definition) is 0. The van der Waals surface area contributed by atoms with Gasteiger partial charge in [-0.05, 0) is 0 Å². The van der Waals surface area contributed by atoms with Crippen molar-refractivity contribution in [2.24, 2.45) is 0 Å². The van der Waals surface area contributed by atoms with Crippen LogP contribution in [0.4, 0.5) is 0 Å². The normalized spacial score (nSPS) is 21.8. The Hall–Kier alpha value is 0.0649. The summed E-state index contributed by atoms with van der Waals surface area (Å²) in [5.41, 5.74) is 0. The molecule has 0 radical (unpaired) electrons. The van der Waals surface area contributed by atoms with Gasteiger partial charge in [0.05, 0.1) is 0 Å². The summed E-state index contributed by atoms with van der Waals surface area (Å²) < 4.78 is 0. The second-order valence-electron chi connectivity index (χ2n) is 3.29. The summed E-state index contributed by atoms with van der Waals surface area (Å²) in [6.45, 7) is 5.63. The molecule has 1 rings (SSSR count). The fourth-order valence-electron chi connectivity index (χ4n) is 1.62. The van der Waals surface area contributed by atoms with E-state index >= 15 is 0 Å². The zero-order valence-corrected chi connectivity index (χ0v) is 5.98. The van der Waals surface area contributed by atoms with Crippen molar-refractivity contribution in [1.29, 1.82) is 0 Å². The Morgan fingerprint density at radius 2 is 1.62 bits per heavy atom. The average molecular weight is 110 g/mol. The van der Waals surface area contributed by atoms with Crippen LogP contribution in [0.5, 0.6) is 0 Å². The Kier molecular flexibility index (Phi) is 1.98. The van der Waals surface area contributed by atoms with E-state index in [-0.39, 0.29) is 0 Å². The first-order chi connectivity index (χ1) is 3.80. The molecule has 0 N–H and O–H groups in total. The fourth-order valence-corrected chi connectivity index (χ4v) is 1.62. The highest BCUT2D eigenvalue weighted by Gasteiger charge is 2.19. The molecule has 0 aromatic carbocycles. The lowest BCUT2D eigenvalue weighted by Gasteiger charge is -2.07. The van der Waals surface area contributed by atoms with Crippen LogP contribution in [0.25, 0.3) is 0 Å². The summed E-state index contributed by atoms with van der Waals surface area (Å²) in [5, 5.41) is 0. The van der Waals surface area contributed by atoms with Gasteiger partial charge in [-0.15, -0.1) is 0 Å². The van der Waals surface area contributed by atoms with Gasteiger partial charge in [0.25, 0.3) is 0 Å². The van der Waals surface area contributed by atoms with Crippen LogP contribution in [0.15, 0.2) is 0 Å². The maximum absolute atomic E-state index is 2.34. The van der Waals surface area contributed by atoms with E-state index in [0.717, 1.165) is 12.5 Å². The van der Waals surface area contributed by atoms with Gasteiger partial charge >= 0.3 is 0 Å². The van der Waals surface area contributed by atoms with Crippen LogP contribution in [-0.2, 0) is 0 Å². The van der Waals surface area contributed by atoms with Gasteiger partial charge in [0.15, 0.2) is 0 Å². The lowest BCUT2D eigenvalue weighted by molar-refractivity contribution is 0.856. The van der Waals surface area contributed by atoms with E-state index in [2.05, 4.69) is 13.6 Å². The van der Waals surface area contributed by atoms with E-state index in [1.165, 1.54) is 25.7 Å². The molecule has 0 spiro atoms. The first kappa shape index (κ1) is 6.19. The molecule has 0 bridgehead atoms. The molecular weight excluding hydrogens is 94.9 g/mol. The van der Waals surface area contributed by atoms with E-state index in [9.17, 15) is 0 Å². The third-order valence-corrected chi connectivity index (χ3v) is 2.34. The monoisotopic (exact) mass is 110 g/mol. The molecule has 46 valence electrons. The molecule has 0 aromatic rings. The number of rotatable bonds is 1. The van der Waals surface area contributed by atoms with Crippen LogP contribution in [0.1, 0.15) is 25.7 Å². The lowest BCUT2D eigenvalue weighted by Crippen LogP contribution is -2.07. The van der Waals surface area contributed by atoms with Gasteiger partial charge in [0.1, 0.15) is 6.71 Å². The SMILES string of the molecule is CB(C)C1CCCC1. The van der Waals surface area contributed by atoms with Crippen molar-refractivity contribution >= 4 is 6.71 Å². The molecule has 1 aliphatic rings. The van der Waals surface area contributed by atoms with Gasteiger partial charge in [0.2, 0.25) is 0 Å². The van der Waals surface area contributed by atoms with Gasteiger partial charge < -0.3 is 0 Å². The minimum atomic E-state index is 0.942. The Bertz CT molecular complexity index is 62.8. The van der Waals surface area contributed by atoms with Crippen LogP contribution < -0.4 is 0 Å². The quantitative estimate of drug-likeness (QED) is 0.455. The molecule has 1 saturated carbocycles. The van der Waals surface area contributed by atoms with Gasteiger partial charge in [0, 0.05) is 0 Å². The largest absolute Gasteiger partial charge is 0.136 e. The molecule has 1 heteroatoms. The zero-order chi connectivity index (χ0) is 5.98. The molecule has 0 amide bonds. The standard InChI is InChI=1S/C7H15B/c1-8(2)7-5-3-4-6-7/h7H,3-6H2,1-2H3. The van der Waals surface area contributed by atoms with Crippen LogP contribution in [0, 0.1) is 0 Å². The van der Waals surface area contributed by atoms with Crippen molar-refractivity contribution in [2.75, 3.05) is 0 Å². The van der Waals surface area contributed by atoms with E-state index < -0.39 is 0 Å². The average Bonchev–Trinajstić information content (AvgIpc) is 2.12. The van der Waals surface area contributed by atoms with Crippen molar-refractivity contribution in [2.45, 2.75) is 45.1 Å². The highest BCUT2D eigenvalue weighted by molar-refractivity contribution is 6.57. The molecule has 0 heterocycles. The minimum Gasteiger partial charge on any atom is -0.0861 e. The van der Waals surface area contributed by atoms with Crippen molar-refractivity contribution in [3.63, 3.8) is 0 Å². The van der Waals surface area contributed by atoms with E-state index in [1.807, 2.05) is 0 Å². The maximum atomic E-state index is 2.34. The molecule has 1 aliphatic carbocycles. The Morgan fingerprint density at radius 1 is 1.12 bits per heavy atom. The van der Waals surface area contributed by atoms with E-state index in [4.69, 9.17) is 0 Å². The zero-order valence-electron chi connectivity index (χ0n) is 5.98. The summed E-state index contributed by atoms with van der Waals surface area (Å²) in [4.78, 5) is 0. The van der Waals surface area contributed by atoms with Crippen LogP contribution in [0.3, 0.4) is 0 Å². The molecule has 8 heavy (non-hydrogen) atoms. The molecule has 0 saturated heterocycles. The van der Waals surface area contributed by atoms with Crippen LogP contribution >= 0.6 is 0 Å². The van der Waals surface area contributed by atoms with Gasteiger partial charge in [-0.3, -0.25) is 0 Å². The van der Waals surface area contributed by atoms with E-state index in [0.29, 0.717) is 0 Å². The number of hydrogen-bond donors (Lipinski definition) is 0. The fraction of sp³-hybridized carbons (Fsp3) is 1.00. The van der Waals surface area contributed by atoms with Gasteiger partial charge in [-0.1, -0.05) is 45.1 Å². The predicted molar refractivity (Wildman–Crippen MR) is 39.7 cm³/mol. The first-order valence-electron chi connectivity index (χ1n) is 3.80. The molecule has 0 atom stereocenters. The molecule has 0 aliphatic heterocycles. The highest BCUT2D eigenvalue weighted by atomic mass is 14.1.